The number of rotatable bonds is 27. The maximum Gasteiger partial charge on any atom is 0.339 e. The maximum atomic E-state index is 11.6. The highest BCUT2D eigenvalue weighted by atomic mass is 16.4. The van der Waals surface area contributed by atoms with E-state index in [1.807, 2.05) is 6.07 Å². The van der Waals surface area contributed by atoms with Gasteiger partial charge < -0.3 is 10.2 Å². The van der Waals surface area contributed by atoms with Gasteiger partial charge in [0.05, 0.1) is 0 Å². The first-order valence-corrected chi connectivity index (χ1v) is 16.7. The summed E-state index contributed by atoms with van der Waals surface area (Å²) >= 11 is 0. The molecule has 2 N–H and O–H groups in total. The molecule has 1 rings (SSSR count). The lowest BCUT2D eigenvalue weighted by Gasteiger charge is -2.14. The van der Waals surface area contributed by atoms with Gasteiger partial charge in [0.15, 0.2) is 0 Å². The zero-order valence-electron chi connectivity index (χ0n) is 25.3. The summed E-state index contributed by atoms with van der Waals surface area (Å²) in [5, 5.41) is 20.2. The Balaban J connectivity index is 2.26. The molecule has 0 spiro atoms. The molecule has 3 heteroatoms. The molecular formula is C35H62O3. The molecule has 3 nitrogen and oxygen atoms in total. The molecule has 0 heterocycles. The molecular weight excluding hydrogens is 468 g/mol. The van der Waals surface area contributed by atoms with Crippen molar-refractivity contribution in [2.75, 3.05) is 0 Å². The summed E-state index contributed by atoms with van der Waals surface area (Å²) in [6.07, 6.45) is 33.4. The third-order valence-electron chi connectivity index (χ3n) is 8.19. The van der Waals surface area contributed by atoms with E-state index in [-0.39, 0.29) is 11.3 Å². The van der Waals surface area contributed by atoms with Crippen LogP contribution in [0.15, 0.2) is 12.1 Å². The van der Waals surface area contributed by atoms with E-state index in [2.05, 4.69) is 13.8 Å². The molecule has 38 heavy (non-hydrogen) atoms. The van der Waals surface area contributed by atoms with Crippen LogP contribution in [0.2, 0.25) is 0 Å². The second kappa shape index (κ2) is 24.5. The van der Waals surface area contributed by atoms with Gasteiger partial charge in [-0.1, -0.05) is 161 Å². The van der Waals surface area contributed by atoms with Gasteiger partial charge in [-0.3, -0.25) is 0 Å². The molecule has 1 aromatic rings. The lowest BCUT2D eigenvalue weighted by Crippen LogP contribution is -2.03. The van der Waals surface area contributed by atoms with Gasteiger partial charge in [0.1, 0.15) is 11.3 Å². The minimum Gasteiger partial charge on any atom is -0.507 e. The summed E-state index contributed by atoms with van der Waals surface area (Å²) in [6.45, 7) is 4.54. The number of aromatic carboxylic acids is 1. The van der Waals surface area contributed by atoms with Gasteiger partial charge >= 0.3 is 5.97 Å². The highest BCUT2D eigenvalue weighted by Gasteiger charge is 2.16. The van der Waals surface area contributed by atoms with Crippen LogP contribution in [0, 0.1) is 0 Å². The first kappa shape index (κ1) is 34.5. The van der Waals surface area contributed by atoms with E-state index in [0.29, 0.717) is 0 Å². The SMILES string of the molecule is CCCCCCCCCCCCCCc1ccc(C(=O)O)c(O)c1CCCCCCCCCCCCCC. The predicted octanol–water partition coefficient (Wildman–Crippen LogP) is 11.6. The van der Waals surface area contributed by atoms with Crippen molar-refractivity contribution in [1.29, 1.82) is 0 Å². The van der Waals surface area contributed by atoms with Gasteiger partial charge in [-0.2, -0.15) is 0 Å². The molecule has 0 aliphatic carbocycles. The number of carboxylic acids is 1. The maximum absolute atomic E-state index is 11.6. The molecule has 0 amide bonds. The number of hydrogen-bond acceptors (Lipinski definition) is 2. The molecule has 0 atom stereocenters. The number of carboxylic acid groups (broad SMARTS) is 1. The van der Waals surface area contributed by atoms with Crippen LogP contribution in [-0.4, -0.2) is 16.2 Å². The molecule has 220 valence electrons. The van der Waals surface area contributed by atoms with Crippen molar-refractivity contribution >= 4 is 5.97 Å². The number of aromatic hydroxyl groups is 1. The van der Waals surface area contributed by atoms with Crippen LogP contribution in [0.4, 0.5) is 0 Å². The van der Waals surface area contributed by atoms with Crippen LogP contribution in [0.3, 0.4) is 0 Å². The lowest BCUT2D eigenvalue weighted by molar-refractivity contribution is 0.0693. The standard InChI is InChI=1S/C35H62O3/c1-3-5-7-9-11-13-15-17-19-21-23-25-27-31-29-30-33(35(37)38)34(36)32(31)28-26-24-22-20-18-16-14-12-10-8-6-4-2/h29-30,36H,3-28H2,1-2H3,(H,37,38). The van der Waals surface area contributed by atoms with Gasteiger partial charge in [-0.05, 0) is 42.9 Å². The molecule has 0 saturated heterocycles. The van der Waals surface area contributed by atoms with Crippen molar-refractivity contribution in [1.82, 2.24) is 0 Å². The molecule has 0 aliphatic heterocycles. The molecule has 1 aromatic carbocycles. The minimum absolute atomic E-state index is 0.0111. The quantitative estimate of drug-likeness (QED) is 0.111. The fourth-order valence-corrected chi connectivity index (χ4v) is 5.66. The monoisotopic (exact) mass is 530 g/mol. The summed E-state index contributed by atoms with van der Waals surface area (Å²) < 4.78 is 0. The molecule has 0 fully saturated rings. The van der Waals surface area contributed by atoms with Gasteiger partial charge in [0, 0.05) is 0 Å². The predicted molar refractivity (Wildman–Crippen MR) is 165 cm³/mol. The molecule has 0 unspecified atom stereocenters. The summed E-state index contributed by atoms with van der Waals surface area (Å²) in [5.74, 6) is -1.02. The van der Waals surface area contributed by atoms with Crippen molar-refractivity contribution in [2.45, 2.75) is 181 Å². The number of unbranched alkanes of at least 4 members (excludes halogenated alkanes) is 22. The molecule has 0 aliphatic rings. The number of phenols is 1. The minimum atomic E-state index is -1.03. The second-order valence-electron chi connectivity index (χ2n) is 11.7. The first-order valence-electron chi connectivity index (χ1n) is 16.7. The van der Waals surface area contributed by atoms with E-state index in [9.17, 15) is 15.0 Å². The van der Waals surface area contributed by atoms with Crippen LogP contribution in [0.1, 0.15) is 189 Å². The Morgan fingerprint density at radius 3 is 1.24 bits per heavy atom. The number of hydrogen-bond donors (Lipinski definition) is 2. The summed E-state index contributed by atoms with van der Waals surface area (Å²) in [5.41, 5.74) is 2.10. The summed E-state index contributed by atoms with van der Waals surface area (Å²) in [4.78, 5) is 11.6. The number of benzene rings is 1. The average Bonchev–Trinajstić information content (AvgIpc) is 2.90. The Kier molecular flexibility index (Phi) is 22.3. The van der Waals surface area contributed by atoms with Gasteiger partial charge in [0.2, 0.25) is 0 Å². The van der Waals surface area contributed by atoms with E-state index in [4.69, 9.17) is 0 Å². The van der Waals surface area contributed by atoms with E-state index in [1.54, 1.807) is 6.07 Å². The first-order chi connectivity index (χ1) is 18.6. The summed E-state index contributed by atoms with van der Waals surface area (Å²) in [6, 6.07) is 3.55. The lowest BCUT2D eigenvalue weighted by atomic mass is 9.93. The van der Waals surface area contributed by atoms with Crippen molar-refractivity contribution < 1.29 is 15.0 Å². The molecule has 0 saturated carbocycles. The Morgan fingerprint density at radius 2 is 0.868 bits per heavy atom. The van der Waals surface area contributed by atoms with Crippen molar-refractivity contribution in [3.63, 3.8) is 0 Å². The van der Waals surface area contributed by atoms with Gasteiger partial charge in [-0.15, -0.1) is 0 Å². The largest absolute Gasteiger partial charge is 0.507 e. The molecule has 0 bridgehead atoms. The van der Waals surface area contributed by atoms with Crippen LogP contribution in [-0.2, 0) is 12.8 Å². The highest BCUT2D eigenvalue weighted by molar-refractivity contribution is 5.91. The zero-order valence-corrected chi connectivity index (χ0v) is 25.3. The van der Waals surface area contributed by atoms with E-state index >= 15 is 0 Å². The smallest absolute Gasteiger partial charge is 0.339 e. The van der Waals surface area contributed by atoms with E-state index < -0.39 is 5.97 Å². The Morgan fingerprint density at radius 1 is 0.526 bits per heavy atom. The third-order valence-corrected chi connectivity index (χ3v) is 8.19. The topological polar surface area (TPSA) is 57.5 Å². The van der Waals surface area contributed by atoms with Crippen molar-refractivity contribution in [3.05, 3.63) is 28.8 Å². The fourth-order valence-electron chi connectivity index (χ4n) is 5.66. The Bertz CT molecular complexity index is 697. The van der Waals surface area contributed by atoms with Gasteiger partial charge in [-0.25, -0.2) is 4.79 Å². The molecule has 0 aromatic heterocycles. The number of carbonyl (C=O) groups is 1. The second-order valence-corrected chi connectivity index (χ2v) is 11.7. The Hall–Kier alpha value is -1.51. The Labute approximate surface area is 236 Å². The van der Waals surface area contributed by atoms with E-state index in [0.717, 1.165) is 43.2 Å². The zero-order chi connectivity index (χ0) is 27.7. The van der Waals surface area contributed by atoms with Crippen LogP contribution in [0.25, 0.3) is 0 Å². The number of aryl methyl sites for hydroxylation is 1. The third kappa shape index (κ3) is 17.2. The van der Waals surface area contributed by atoms with Crippen LogP contribution in [0.5, 0.6) is 5.75 Å². The van der Waals surface area contributed by atoms with E-state index in [1.165, 1.54) is 135 Å². The van der Waals surface area contributed by atoms with Gasteiger partial charge in [0.25, 0.3) is 0 Å². The van der Waals surface area contributed by atoms with Crippen LogP contribution < -0.4 is 0 Å². The fraction of sp³-hybridized carbons (Fsp3) is 0.800. The molecule has 0 radical (unpaired) electrons. The van der Waals surface area contributed by atoms with Crippen LogP contribution >= 0.6 is 0 Å². The average molecular weight is 531 g/mol. The highest BCUT2D eigenvalue weighted by Crippen LogP contribution is 2.30. The summed E-state index contributed by atoms with van der Waals surface area (Å²) in [7, 11) is 0. The normalized spacial score (nSPS) is 11.3. The van der Waals surface area contributed by atoms with Crippen molar-refractivity contribution in [2.24, 2.45) is 0 Å². The van der Waals surface area contributed by atoms with Crippen molar-refractivity contribution in [3.8, 4) is 5.75 Å².